The summed E-state index contributed by atoms with van der Waals surface area (Å²) in [4.78, 5) is 11.3. The highest BCUT2D eigenvalue weighted by Crippen LogP contribution is 2.36. The highest BCUT2D eigenvalue weighted by atomic mass is 16.7. The van der Waals surface area contributed by atoms with Crippen molar-refractivity contribution in [2.45, 2.75) is 51.7 Å². The van der Waals surface area contributed by atoms with Crippen molar-refractivity contribution < 1.29 is 9.31 Å². The minimum atomic E-state index is -0.419. The van der Waals surface area contributed by atoms with Crippen molar-refractivity contribution in [1.29, 1.82) is 0 Å². The molecule has 0 aliphatic carbocycles. The van der Waals surface area contributed by atoms with Gasteiger partial charge in [-0.05, 0) is 53.0 Å². The van der Waals surface area contributed by atoms with E-state index in [1.165, 1.54) is 12.8 Å². The van der Waals surface area contributed by atoms with Crippen LogP contribution in [0.2, 0.25) is 0 Å². The molecule has 144 valence electrons. The number of nitrogens with one attached hydrogen (secondary N) is 1. The molecule has 3 N–H and O–H groups in total. The lowest BCUT2D eigenvalue weighted by Gasteiger charge is -2.32. The molecular formula is C18H32BN5O2. The Morgan fingerprint density at radius 1 is 1.23 bits per heavy atom. The van der Waals surface area contributed by atoms with Crippen molar-refractivity contribution in [1.82, 2.24) is 14.9 Å². The summed E-state index contributed by atoms with van der Waals surface area (Å²) >= 11 is 0. The van der Waals surface area contributed by atoms with Crippen LogP contribution < -0.4 is 16.5 Å². The Morgan fingerprint density at radius 2 is 1.88 bits per heavy atom. The number of anilines is 1. The number of hydrogen-bond acceptors (Lipinski definition) is 7. The molecule has 0 bridgehead atoms. The van der Waals surface area contributed by atoms with Crippen molar-refractivity contribution in [2.24, 2.45) is 11.7 Å². The number of likely N-dealkylation sites (tertiary alicyclic amines) is 1. The number of piperidine rings is 1. The molecule has 1 aromatic rings. The Balaban J connectivity index is 1.52. The fraction of sp³-hybridized carbons (Fsp3) is 0.778. The molecule has 7 nitrogen and oxygen atoms in total. The van der Waals surface area contributed by atoms with E-state index in [2.05, 4.69) is 20.2 Å². The van der Waals surface area contributed by atoms with Crippen LogP contribution in [0.5, 0.6) is 0 Å². The highest BCUT2D eigenvalue weighted by molar-refractivity contribution is 6.61. The maximum Gasteiger partial charge on any atom is 0.498 e. The molecule has 0 saturated carbocycles. The first-order chi connectivity index (χ1) is 12.3. The van der Waals surface area contributed by atoms with E-state index < -0.39 is 7.12 Å². The lowest BCUT2D eigenvalue weighted by Crippen LogP contribution is -2.41. The van der Waals surface area contributed by atoms with E-state index >= 15 is 0 Å². The standard InChI is InChI=1S/C18H32BN5O2/c1-17(2)18(3,4)26-19(25-17)15-11-22-16(23-12-15)21-10-14-6-5-8-24(13-14)9-7-20/h11-12,14H,5-10,13,20H2,1-4H3,(H,21,22,23)/t14-/m1/s1. The van der Waals surface area contributed by atoms with Crippen LogP contribution in [0.25, 0.3) is 0 Å². The second-order valence-electron chi connectivity index (χ2n) is 8.41. The summed E-state index contributed by atoms with van der Waals surface area (Å²) in [6.07, 6.45) is 6.05. The molecule has 2 saturated heterocycles. The van der Waals surface area contributed by atoms with Gasteiger partial charge in [-0.3, -0.25) is 0 Å². The Morgan fingerprint density at radius 3 is 2.50 bits per heavy atom. The van der Waals surface area contributed by atoms with Crippen molar-refractivity contribution in [3.8, 4) is 0 Å². The molecule has 0 aromatic carbocycles. The fourth-order valence-electron chi connectivity index (χ4n) is 3.47. The first kappa shape index (κ1) is 19.5. The molecule has 2 aliphatic heterocycles. The van der Waals surface area contributed by atoms with Gasteiger partial charge in [0, 0.05) is 44.0 Å². The molecule has 26 heavy (non-hydrogen) atoms. The van der Waals surface area contributed by atoms with Gasteiger partial charge >= 0.3 is 7.12 Å². The topological polar surface area (TPSA) is 85.5 Å². The van der Waals surface area contributed by atoms with Crippen LogP contribution in [0.4, 0.5) is 5.95 Å². The average molecular weight is 361 g/mol. The minimum absolute atomic E-state index is 0.356. The van der Waals surface area contributed by atoms with Gasteiger partial charge in [0.25, 0.3) is 0 Å². The molecule has 0 radical (unpaired) electrons. The van der Waals surface area contributed by atoms with Crippen molar-refractivity contribution in [3.05, 3.63) is 12.4 Å². The third kappa shape index (κ3) is 4.36. The zero-order valence-corrected chi connectivity index (χ0v) is 16.5. The van der Waals surface area contributed by atoms with Crippen molar-refractivity contribution >= 4 is 18.5 Å². The predicted molar refractivity (Wildman–Crippen MR) is 104 cm³/mol. The quantitative estimate of drug-likeness (QED) is 0.727. The molecular weight excluding hydrogens is 329 g/mol. The highest BCUT2D eigenvalue weighted by Gasteiger charge is 2.51. The van der Waals surface area contributed by atoms with Crippen LogP contribution in [-0.4, -0.2) is 65.9 Å². The molecule has 8 heteroatoms. The summed E-state index contributed by atoms with van der Waals surface area (Å²) in [5.41, 5.74) is 5.81. The summed E-state index contributed by atoms with van der Waals surface area (Å²) in [7, 11) is -0.419. The van der Waals surface area contributed by atoms with E-state index in [4.69, 9.17) is 15.0 Å². The monoisotopic (exact) mass is 361 g/mol. The second-order valence-corrected chi connectivity index (χ2v) is 8.41. The molecule has 2 aliphatic rings. The van der Waals surface area contributed by atoms with Crippen LogP contribution in [-0.2, 0) is 9.31 Å². The van der Waals surface area contributed by atoms with Crippen molar-refractivity contribution in [2.75, 3.05) is 38.0 Å². The smallest absolute Gasteiger partial charge is 0.399 e. The van der Waals surface area contributed by atoms with Gasteiger partial charge in [-0.2, -0.15) is 0 Å². The molecule has 1 atom stereocenters. The van der Waals surface area contributed by atoms with Gasteiger partial charge in [-0.1, -0.05) is 0 Å². The Bertz CT molecular complexity index is 578. The molecule has 2 fully saturated rings. The lowest BCUT2D eigenvalue weighted by molar-refractivity contribution is 0.00578. The molecule has 0 spiro atoms. The summed E-state index contributed by atoms with van der Waals surface area (Å²) in [6, 6.07) is 0. The Labute approximate surface area is 157 Å². The Hall–Kier alpha value is -1.22. The first-order valence-corrected chi connectivity index (χ1v) is 9.64. The van der Waals surface area contributed by atoms with Crippen LogP contribution in [0.15, 0.2) is 12.4 Å². The molecule has 3 rings (SSSR count). The van der Waals surface area contributed by atoms with Gasteiger partial charge in [0.05, 0.1) is 11.2 Å². The number of nitrogens with two attached hydrogens (primary N) is 1. The third-order valence-electron chi connectivity index (χ3n) is 5.79. The van der Waals surface area contributed by atoms with E-state index in [-0.39, 0.29) is 11.2 Å². The van der Waals surface area contributed by atoms with Gasteiger partial charge in [-0.15, -0.1) is 0 Å². The van der Waals surface area contributed by atoms with Gasteiger partial charge in [0.15, 0.2) is 0 Å². The second kappa shape index (κ2) is 7.80. The number of rotatable bonds is 6. The summed E-state index contributed by atoms with van der Waals surface area (Å²) in [5, 5.41) is 3.37. The SMILES string of the molecule is CC1(C)OB(c2cnc(NC[C@H]3CCCN(CCN)C3)nc2)OC1(C)C. The van der Waals surface area contributed by atoms with Crippen LogP contribution in [0, 0.1) is 5.92 Å². The van der Waals surface area contributed by atoms with Gasteiger partial charge in [0.1, 0.15) is 0 Å². The summed E-state index contributed by atoms with van der Waals surface area (Å²) in [6.45, 7) is 13.0. The van der Waals surface area contributed by atoms with E-state index in [9.17, 15) is 0 Å². The van der Waals surface area contributed by atoms with E-state index in [0.29, 0.717) is 11.9 Å². The lowest BCUT2D eigenvalue weighted by atomic mass is 9.81. The van der Waals surface area contributed by atoms with Crippen LogP contribution in [0.3, 0.4) is 0 Å². The molecule has 0 amide bonds. The van der Waals surface area contributed by atoms with E-state index in [1.54, 1.807) is 12.4 Å². The van der Waals surface area contributed by atoms with Crippen LogP contribution in [0.1, 0.15) is 40.5 Å². The fourth-order valence-corrected chi connectivity index (χ4v) is 3.47. The summed E-state index contributed by atoms with van der Waals surface area (Å²) < 4.78 is 12.1. The number of aromatic nitrogens is 2. The largest absolute Gasteiger partial charge is 0.498 e. The molecule has 1 aromatic heterocycles. The number of hydrogen-bond donors (Lipinski definition) is 2. The van der Waals surface area contributed by atoms with Gasteiger partial charge in [0.2, 0.25) is 5.95 Å². The van der Waals surface area contributed by atoms with Crippen molar-refractivity contribution in [3.63, 3.8) is 0 Å². The van der Waals surface area contributed by atoms with Gasteiger partial charge < -0.3 is 25.3 Å². The van der Waals surface area contributed by atoms with E-state index in [0.717, 1.165) is 38.2 Å². The predicted octanol–water partition coefficient (Wildman–Crippen LogP) is 0.858. The normalized spacial score (nSPS) is 25.4. The zero-order chi connectivity index (χ0) is 18.8. The molecule has 0 unspecified atom stereocenters. The maximum atomic E-state index is 6.04. The average Bonchev–Trinajstić information content (AvgIpc) is 2.82. The van der Waals surface area contributed by atoms with E-state index in [1.807, 2.05) is 27.7 Å². The zero-order valence-electron chi connectivity index (χ0n) is 16.5. The maximum absolute atomic E-state index is 6.04. The van der Waals surface area contributed by atoms with Gasteiger partial charge in [-0.25, -0.2) is 9.97 Å². The minimum Gasteiger partial charge on any atom is -0.399 e. The van der Waals surface area contributed by atoms with Crippen LogP contribution >= 0.6 is 0 Å². The number of nitrogens with zero attached hydrogens (tertiary/aromatic N) is 3. The molecule has 3 heterocycles. The summed E-state index contributed by atoms with van der Waals surface area (Å²) in [5.74, 6) is 1.27. The Kier molecular flexibility index (Phi) is 5.86. The first-order valence-electron chi connectivity index (χ1n) is 9.64. The third-order valence-corrected chi connectivity index (χ3v) is 5.79.